The first-order valence-electron chi connectivity index (χ1n) is 5.91. The van der Waals surface area contributed by atoms with E-state index < -0.39 is 0 Å². The second-order valence-corrected chi connectivity index (χ2v) is 4.00. The zero-order valence-corrected chi connectivity index (χ0v) is 9.58. The van der Waals surface area contributed by atoms with Crippen molar-refractivity contribution in [3.8, 4) is 0 Å². The summed E-state index contributed by atoms with van der Waals surface area (Å²) in [5.74, 6) is 0. The average Bonchev–Trinajstić information content (AvgIpc) is 2.28. The van der Waals surface area contributed by atoms with Gasteiger partial charge < -0.3 is 19.9 Å². The lowest BCUT2D eigenvalue weighted by Gasteiger charge is -2.23. The number of aliphatic hydroxyl groups is 1. The maximum Gasteiger partial charge on any atom is 0.0897 e. The van der Waals surface area contributed by atoms with Gasteiger partial charge in [-0.1, -0.05) is 6.92 Å². The molecule has 0 saturated carbocycles. The third-order valence-electron chi connectivity index (χ3n) is 2.50. The van der Waals surface area contributed by atoms with Crippen LogP contribution in [-0.2, 0) is 9.47 Å². The highest BCUT2D eigenvalue weighted by Gasteiger charge is 2.15. The molecule has 1 heterocycles. The Morgan fingerprint density at radius 2 is 2.20 bits per heavy atom. The Balaban J connectivity index is 1.97. The van der Waals surface area contributed by atoms with Crippen LogP contribution >= 0.6 is 0 Å². The first-order chi connectivity index (χ1) is 7.33. The molecule has 1 rings (SSSR count). The summed E-state index contributed by atoms with van der Waals surface area (Å²) in [6, 6.07) is 0. The lowest BCUT2D eigenvalue weighted by molar-refractivity contribution is -0.0584. The summed E-state index contributed by atoms with van der Waals surface area (Å²) >= 11 is 0. The minimum atomic E-state index is -0.389. The molecule has 1 saturated heterocycles. The van der Waals surface area contributed by atoms with Gasteiger partial charge in [-0.25, -0.2) is 0 Å². The van der Waals surface area contributed by atoms with Crippen molar-refractivity contribution in [1.29, 1.82) is 0 Å². The number of ether oxygens (including phenoxy) is 2. The van der Waals surface area contributed by atoms with Crippen molar-refractivity contribution in [2.75, 3.05) is 32.9 Å². The molecule has 1 fully saturated rings. The first kappa shape index (κ1) is 12.9. The minimum absolute atomic E-state index is 0.277. The van der Waals surface area contributed by atoms with Gasteiger partial charge in [-0.3, -0.25) is 0 Å². The Kier molecular flexibility index (Phi) is 6.92. The van der Waals surface area contributed by atoms with Gasteiger partial charge in [0, 0.05) is 19.8 Å². The van der Waals surface area contributed by atoms with E-state index in [0.717, 1.165) is 39.0 Å². The fraction of sp³-hybridized carbons (Fsp3) is 1.00. The Hall–Kier alpha value is -0.160. The van der Waals surface area contributed by atoms with E-state index in [1.807, 2.05) is 0 Å². The highest BCUT2D eigenvalue weighted by molar-refractivity contribution is 4.65. The molecule has 1 aliphatic heterocycles. The summed E-state index contributed by atoms with van der Waals surface area (Å²) in [5, 5.41) is 12.8. The van der Waals surface area contributed by atoms with Crippen molar-refractivity contribution < 1.29 is 14.6 Å². The maximum atomic E-state index is 9.59. The van der Waals surface area contributed by atoms with E-state index in [1.54, 1.807) is 0 Å². The van der Waals surface area contributed by atoms with Crippen molar-refractivity contribution in [3.63, 3.8) is 0 Å². The molecule has 0 aromatic rings. The lowest BCUT2D eigenvalue weighted by atomic mass is 10.1. The number of nitrogens with one attached hydrogen (secondary N) is 1. The monoisotopic (exact) mass is 217 g/mol. The third-order valence-corrected chi connectivity index (χ3v) is 2.50. The molecule has 1 unspecified atom stereocenters. The fourth-order valence-electron chi connectivity index (χ4n) is 1.59. The standard InChI is InChI=1S/C11H23NO3/c1-2-5-12-8-10(13)9-15-11-3-6-14-7-4-11/h10-13H,2-9H2,1H3. The van der Waals surface area contributed by atoms with E-state index >= 15 is 0 Å². The highest BCUT2D eigenvalue weighted by atomic mass is 16.5. The zero-order chi connectivity index (χ0) is 10.9. The van der Waals surface area contributed by atoms with Crippen LogP contribution in [0.15, 0.2) is 0 Å². The smallest absolute Gasteiger partial charge is 0.0897 e. The van der Waals surface area contributed by atoms with Crippen LogP contribution in [0.1, 0.15) is 26.2 Å². The van der Waals surface area contributed by atoms with Crippen LogP contribution in [-0.4, -0.2) is 50.2 Å². The minimum Gasteiger partial charge on any atom is -0.389 e. The third kappa shape index (κ3) is 6.10. The van der Waals surface area contributed by atoms with Crippen molar-refractivity contribution in [2.24, 2.45) is 0 Å². The number of aliphatic hydroxyl groups excluding tert-OH is 1. The van der Waals surface area contributed by atoms with Gasteiger partial charge in [0.15, 0.2) is 0 Å². The Bertz CT molecular complexity index is 149. The number of rotatable bonds is 7. The van der Waals surface area contributed by atoms with Crippen molar-refractivity contribution >= 4 is 0 Å². The zero-order valence-electron chi connectivity index (χ0n) is 9.58. The van der Waals surface area contributed by atoms with E-state index in [4.69, 9.17) is 9.47 Å². The summed E-state index contributed by atoms with van der Waals surface area (Å²) in [6.45, 7) is 5.69. The van der Waals surface area contributed by atoms with Crippen LogP contribution < -0.4 is 5.32 Å². The average molecular weight is 217 g/mol. The molecule has 0 radical (unpaired) electrons. The van der Waals surface area contributed by atoms with E-state index in [2.05, 4.69) is 12.2 Å². The van der Waals surface area contributed by atoms with Gasteiger partial charge in [-0.05, 0) is 25.8 Å². The molecule has 4 heteroatoms. The molecule has 90 valence electrons. The van der Waals surface area contributed by atoms with Crippen molar-refractivity contribution in [2.45, 2.75) is 38.4 Å². The maximum absolute atomic E-state index is 9.59. The summed E-state index contributed by atoms with van der Waals surface area (Å²) in [5.41, 5.74) is 0. The fourth-order valence-corrected chi connectivity index (χ4v) is 1.59. The molecule has 0 aromatic carbocycles. The SMILES string of the molecule is CCCNCC(O)COC1CCOCC1. The molecule has 0 bridgehead atoms. The molecule has 1 aliphatic rings. The van der Waals surface area contributed by atoms with Gasteiger partial charge in [-0.2, -0.15) is 0 Å². The molecule has 4 nitrogen and oxygen atoms in total. The first-order valence-corrected chi connectivity index (χ1v) is 5.91. The summed E-state index contributed by atoms with van der Waals surface area (Å²) in [7, 11) is 0. The van der Waals surface area contributed by atoms with E-state index in [9.17, 15) is 5.11 Å². The van der Waals surface area contributed by atoms with Gasteiger partial charge in [0.2, 0.25) is 0 Å². The van der Waals surface area contributed by atoms with Gasteiger partial charge in [-0.15, -0.1) is 0 Å². The van der Waals surface area contributed by atoms with Crippen molar-refractivity contribution in [3.05, 3.63) is 0 Å². The van der Waals surface area contributed by atoms with Gasteiger partial charge >= 0.3 is 0 Å². The van der Waals surface area contributed by atoms with E-state index in [-0.39, 0.29) is 12.2 Å². The summed E-state index contributed by atoms with van der Waals surface area (Å²) in [4.78, 5) is 0. The Morgan fingerprint density at radius 3 is 2.87 bits per heavy atom. The van der Waals surface area contributed by atoms with Crippen LogP contribution in [0.2, 0.25) is 0 Å². The molecule has 0 aliphatic carbocycles. The van der Waals surface area contributed by atoms with Crippen LogP contribution in [0, 0.1) is 0 Å². The predicted molar refractivity (Wildman–Crippen MR) is 59.0 cm³/mol. The largest absolute Gasteiger partial charge is 0.389 e. The molecular formula is C11H23NO3. The quantitative estimate of drug-likeness (QED) is 0.611. The van der Waals surface area contributed by atoms with Gasteiger partial charge in [0.25, 0.3) is 0 Å². The van der Waals surface area contributed by atoms with Gasteiger partial charge in [0.05, 0.1) is 18.8 Å². The second kappa shape index (κ2) is 8.05. The lowest BCUT2D eigenvalue weighted by Crippen LogP contribution is -2.33. The van der Waals surface area contributed by atoms with Crippen LogP contribution in [0.5, 0.6) is 0 Å². The molecule has 2 N–H and O–H groups in total. The Morgan fingerprint density at radius 1 is 1.47 bits per heavy atom. The van der Waals surface area contributed by atoms with Crippen LogP contribution in [0.3, 0.4) is 0 Å². The van der Waals surface area contributed by atoms with E-state index in [1.165, 1.54) is 0 Å². The summed E-state index contributed by atoms with van der Waals surface area (Å²) in [6.07, 6.45) is 2.89. The molecule has 0 amide bonds. The molecule has 15 heavy (non-hydrogen) atoms. The van der Waals surface area contributed by atoms with Gasteiger partial charge in [0.1, 0.15) is 0 Å². The molecular weight excluding hydrogens is 194 g/mol. The van der Waals surface area contributed by atoms with E-state index in [0.29, 0.717) is 13.2 Å². The molecule has 0 aromatic heterocycles. The van der Waals surface area contributed by atoms with Crippen LogP contribution in [0.4, 0.5) is 0 Å². The normalized spacial score (nSPS) is 20.4. The second-order valence-electron chi connectivity index (χ2n) is 4.00. The number of hydrogen-bond donors (Lipinski definition) is 2. The highest BCUT2D eigenvalue weighted by Crippen LogP contribution is 2.10. The molecule has 0 spiro atoms. The topological polar surface area (TPSA) is 50.7 Å². The Labute approximate surface area is 92.0 Å². The van der Waals surface area contributed by atoms with Crippen LogP contribution in [0.25, 0.3) is 0 Å². The molecule has 1 atom stereocenters. The summed E-state index contributed by atoms with van der Waals surface area (Å²) < 4.78 is 10.8. The van der Waals surface area contributed by atoms with Crippen molar-refractivity contribution in [1.82, 2.24) is 5.32 Å². The predicted octanol–water partition coefficient (Wildman–Crippen LogP) is 0.542. The number of hydrogen-bond acceptors (Lipinski definition) is 4.